The van der Waals surface area contributed by atoms with Crippen LogP contribution in [-0.2, 0) is 9.59 Å². The van der Waals surface area contributed by atoms with Crippen LogP contribution in [0, 0.1) is 0 Å². The van der Waals surface area contributed by atoms with Gasteiger partial charge in [-0.25, -0.2) is 4.79 Å². The number of nitrogens with zero attached hydrogens (tertiary/aromatic N) is 1. The maximum Gasteiger partial charge on any atom is 0.332 e. The molecule has 0 fully saturated rings. The molecule has 7 heteroatoms. The number of quaternary nitrogens is 1. The normalized spacial score (nSPS) is 14.2. The number of rotatable bonds is 5. The van der Waals surface area contributed by atoms with Crippen LogP contribution in [-0.4, -0.2) is 71.6 Å². The molecule has 0 aromatic carbocycles. The molecule has 0 aromatic rings. The monoisotopic (exact) mass is 251 g/mol. The summed E-state index contributed by atoms with van der Waals surface area (Å²) < 4.78 is 0.550. The lowest BCUT2D eigenvalue weighted by atomic mass is 10.2. The quantitative estimate of drug-likeness (QED) is 0.471. The van der Waals surface area contributed by atoms with Crippen molar-refractivity contribution in [3.63, 3.8) is 0 Å². The Bertz CT molecular complexity index is 246. The highest BCUT2D eigenvalue weighted by Crippen LogP contribution is 1.97. The first kappa shape index (κ1) is 18.2. The van der Waals surface area contributed by atoms with Crippen molar-refractivity contribution < 1.29 is 34.5 Å². The third-order valence-electron chi connectivity index (χ3n) is 1.52. The van der Waals surface area contributed by atoms with Gasteiger partial charge < -0.3 is 29.7 Å². The lowest BCUT2D eigenvalue weighted by molar-refractivity contribution is -0.873. The zero-order valence-corrected chi connectivity index (χ0v) is 10.6. The smallest absolute Gasteiger partial charge is 0.332 e. The molecule has 0 radical (unpaired) electrons. The number of aliphatic carboxylic acids is 2. The number of aliphatic hydroxyl groups is 2. The molecule has 0 heterocycles. The summed E-state index contributed by atoms with van der Waals surface area (Å²) in [5, 5.41) is 34.9. The van der Waals surface area contributed by atoms with Crippen molar-refractivity contribution in [1.82, 2.24) is 0 Å². The minimum Gasteiger partial charge on any atom is -0.550 e. The van der Waals surface area contributed by atoms with E-state index >= 15 is 0 Å². The fraction of sp³-hybridized carbons (Fsp3) is 0.800. The molecule has 1 unspecified atom stereocenters. The van der Waals surface area contributed by atoms with Crippen LogP contribution in [0.2, 0.25) is 0 Å². The molecule has 0 rings (SSSR count). The Morgan fingerprint density at radius 1 is 1.24 bits per heavy atom. The summed E-state index contributed by atoms with van der Waals surface area (Å²) in [4.78, 5) is 19.5. The third-order valence-corrected chi connectivity index (χ3v) is 1.52. The molecule has 0 aliphatic carbocycles. The van der Waals surface area contributed by atoms with Crippen molar-refractivity contribution in [2.24, 2.45) is 0 Å². The predicted octanol–water partition coefficient (Wildman–Crippen LogP) is -2.35. The van der Waals surface area contributed by atoms with Gasteiger partial charge in [-0.3, -0.25) is 0 Å². The first-order chi connectivity index (χ1) is 7.45. The molecule has 0 spiro atoms. The minimum absolute atomic E-state index is 0.282. The van der Waals surface area contributed by atoms with Gasteiger partial charge in [-0.15, -0.1) is 0 Å². The average Bonchev–Trinajstić information content (AvgIpc) is 1.98. The Labute approximate surface area is 100 Å². The molecule has 0 aliphatic heterocycles. The van der Waals surface area contributed by atoms with Gasteiger partial charge >= 0.3 is 5.97 Å². The summed E-state index contributed by atoms with van der Waals surface area (Å²) in [7, 11) is 5.66. The fourth-order valence-electron chi connectivity index (χ4n) is 0.889. The van der Waals surface area contributed by atoms with Crippen LogP contribution < -0.4 is 5.11 Å². The standard InChI is InChI=1S/C7H15NO3.C3H6O3/c1-8(2,3)5-6(9)4-7(10)11;1-2(4)3(5)6/h6,9H,4-5H2,1-3H3;2,4H,1H3,(H,5,6)/t6-;/m1./s1. The van der Waals surface area contributed by atoms with Crippen LogP contribution >= 0.6 is 0 Å². The van der Waals surface area contributed by atoms with Crippen LogP contribution in [0.1, 0.15) is 13.3 Å². The van der Waals surface area contributed by atoms with Gasteiger partial charge in [0.05, 0.1) is 21.1 Å². The Morgan fingerprint density at radius 3 is 1.76 bits per heavy atom. The lowest BCUT2D eigenvalue weighted by Crippen LogP contribution is -2.43. The van der Waals surface area contributed by atoms with E-state index in [1.807, 2.05) is 21.1 Å². The molecule has 0 aromatic heterocycles. The van der Waals surface area contributed by atoms with Gasteiger partial charge in [0.15, 0.2) is 0 Å². The number of carboxylic acids is 2. The number of likely N-dealkylation sites (N-methyl/N-ethyl adjacent to an activating group) is 1. The van der Waals surface area contributed by atoms with E-state index in [0.717, 1.165) is 0 Å². The molecule has 0 saturated heterocycles. The highest BCUT2D eigenvalue weighted by Gasteiger charge is 2.14. The molecule has 2 atom stereocenters. The van der Waals surface area contributed by atoms with E-state index in [1.54, 1.807) is 0 Å². The van der Waals surface area contributed by atoms with Gasteiger partial charge in [0.1, 0.15) is 18.8 Å². The van der Waals surface area contributed by atoms with E-state index in [2.05, 4.69) is 0 Å². The van der Waals surface area contributed by atoms with Crippen LogP contribution in [0.15, 0.2) is 0 Å². The van der Waals surface area contributed by atoms with Crippen molar-refractivity contribution >= 4 is 11.9 Å². The number of hydrogen-bond acceptors (Lipinski definition) is 5. The number of carbonyl (C=O) groups excluding carboxylic acids is 1. The largest absolute Gasteiger partial charge is 0.550 e. The number of hydrogen-bond donors (Lipinski definition) is 3. The number of carboxylic acid groups (broad SMARTS) is 2. The van der Waals surface area contributed by atoms with Crippen LogP contribution in [0.4, 0.5) is 0 Å². The van der Waals surface area contributed by atoms with Gasteiger partial charge in [0.2, 0.25) is 0 Å². The number of carbonyl (C=O) groups is 2. The van der Waals surface area contributed by atoms with E-state index in [0.29, 0.717) is 11.0 Å². The van der Waals surface area contributed by atoms with Crippen molar-refractivity contribution in [3.8, 4) is 0 Å². The molecule has 0 aliphatic rings. The molecule has 7 nitrogen and oxygen atoms in total. The van der Waals surface area contributed by atoms with Crippen molar-refractivity contribution in [2.75, 3.05) is 27.7 Å². The summed E-state index contributed by atoms with van der Waals surface area (Å²) >= 11 is 0. The minimum atomic E-state index is -1.23. The molecule has 102 valence electrons. The summed E-state index contributed by atoms with van der Waals surface area (Å²) in [5.74, 6) is -2.39. The molecule has 17 heavy (non-hydrogen) atoms. The van der Waals surface area contributed by atoms with Gasteiger partial charge in [0.25, 0.3) is 0 Å². The van der Waals surface area contributed by atoms with Gasteiger partial charge in [-0.1, -0.05) is 0 Å². The average molecular weight is 251 g/mol. The molecular weight excluding hydrogens is 230 g/mol. The highest BCUT2D eigenvalue weighted by molar-refractivity contribution is 5.71. The summed E-state index contributed by atoms with van der Waals surface area (Å²) in [6.45, 7) is 1.62. The molecule has 3 N–H and O–H groups in total. The van der Waals surface area contributed by atoms with E-state index in [9.17, 15) is 14.7 Å². The van der Waals surface area contributed by atoms with E-state index in [4.69, 9.17) is 15.3 Å². The van der Waals surface area contributed by atoms with Gasteiger partial charge in [0, 0.05) is 12.4 Å². The van der Waals surface area contributed by atoms with Gasteiger partial charge in [-0.05, 0) is 6.92 Å². The Morgan fingerprint density at radius 2 is 1.59 bits per heavy atom. The predicted molar refractivity (Wildman–Crippen MR) is 57.8 cm³/mol. The van der Waals surface area contributed by atoms with Gasteiger partial charge in [-0.2, -0.15) is 0 Å². The Kier molecular flexibility index (Phi) is 8.55. The first-order valence-electron chi connectivity index (χ1n) is 5.05. The topological polar surface area (TPSA) is 118 Å². The third kappa shape index (κ3) is 17.4. The Hall–Kier alpha value is -1.18. The van der Waals surface area contributed by atoms with Crippen LogP contribution in [0.25, 0.3) is 0 Å². The van der Waals surface area contributed by atoms with Crippen molar-refractivity contribution in [1.29, 1.82) is 0 Å². The summed E-state index contributed by atoms with van der Waals surface area (Å²) in [6, 6.07) is 0. The van der Waals surface area contributed by atoms with E-state index < -0.39 is 24.1 Å². The first-order valence-corrected chi connectivity index (χ1v) is 5.05. The lowest BCUT2D eigenvalue weighted by Gasteiger charge is -2.26. The molecular formula is C10H21NO6. The number of aliphatic hydroxyl groups excluding tert-OH is 2. The zero-order valence-electron chi connectivity index (χ0n) is 10.6. The molecule has 0 saturated carbocycles. The van der Waals surface area contributed by atoms with Crippen molar-refractivity contribution in [2.45, 2.75) is 25.6 Å². The maximum atomic E-state index is 10.0. The second kappa shape index (κ2) is 7.99. The maximum absolute atomic E-state index is 10.0. The fourth-order valence-corrected chi connectivity index (χ4v) is 0.889. The summed E-state index contributed by atoms with van der Waals surface area (Å²) in [6.07, 6.45) is -2.32. The Balaban J connectivity index is 0. The molecule has 0 bridgehead atoms. The highest BCUT2D eigenvalue weighted by atomic mass is 16.4. The molecule has 0 amide bonds. The zero-order chi connectivity index (χ0) is 14.2. The van der Waals surface area contributed by atoms with Crippen molar-refractivity contribution in [3.05, 3.63) is 0 Å². The van der Waals surface area contributed by atoms with E-state index in [1.165, 1.54) is 6.92 Å². The van der Waals surface area contributed by atoms with Crippen LogP contribution in [0.5, 0.6) is 0 Å². The van der Waals surface area contributed by atoms with Crippen LogP contribution in [0.3, 0.4) is 0 Å². The summed E-state index contributed by atoms with van der Waals surface area (Å²) in [5.41, 5.74) is 0. The SMILES string of the molecule is CC(O)C(=O)O.C[N+](C)(C)C[C@H](O)CC(=O)[O-]. The van der Waals surface area contributed by atoms with E-state index in [-0.39, 0.29) is 6.42 Å². The second-order valence-corrected chi connectivity index (χ2v) is 4.72. The second-order valence-electron chi connectivity index (χ2n) is 4.72.